The summed E-state index contributed by atoms with van der Waals surface area (Å²) in [5.41, 5.74) is 2.86. The van der Waals surface area contributed by atoms with Crippen LogP contribution < -0.4 is 9.64 Å². The van der Waals surface area contributed by atoms with Gasteiger partial charge in [0.25, 0.3) is 0 Å². The molecule has 0 amide bonds. The van der Waals surface area contributed by atoms with Crippen molar-refractivity contribution in [2.24, 2.45) is 0 Å². The Labute approximate surface area is 98.2 Å². The summed E-state index contributed by atoms with van der Waals surface area (Å²) in [6.07, 6.45) is 5.01. The highest BCUT2D eigenvalue weighted by molar-refractivity contribution is 5.58. The van der Waals surface area contributed by atoms with Crippen LogP contribution in [0, 0.1) is 0 Å². The molecule has 0 aromatic heterocycles. The number of ether oxygens (including phenoxy) is 1. The Bertz CT molecular complexity index is 349. The zero-order valence-electron chi connectivity index (χ0n) is 10.3. The molecule has 2 rings (SSSR count). The SMILES string of the molecule is CCCCN1CCCc2cc(OC)ccc21. The molecule has 16 heavy (non-hydrogen) atoms. The number of nitrogens with zero attached hydrogens (tertiary/aromatic N) is 1. The van der Waals surface area contributed by atoms with Crippen molar-refractivity contribution in [2.75, 3.05) is 25.1 Å². The third kappa shape index (κ3) is 2.31. The molecule has 0 saturated carbocycles. The van der Waals surface area contributed by atoms with Crippen LogP contribution in [0.25, 0.3) is 0 Å². The molecule has 0 bridgehead atoms. The van der Waals surface area contributed by atoms with Crippen molar-refractivity contribution in [3.8, 4) is 5.75 Å². The van der Waals surface area contributed by atoms with Gasteiger partial charge >= 0.3 is 0 Å². The fourth-order valence-electron chi connectivity index (χ4n) is 2.36. The quantitative estimate of drug-likeness (QED) is 0.770. The smallest absolute Gasteiger partial charge is 0.119 e. The minimum Gasteiger partial charge on any atom is -0.497 e. The van der Waals surface area contributed by atoms with Crippen LogP contribution in [0.5, 0.6) is 5.75 Å². The summed E-state index contributed by atoms with van der Waals surface area (Å²) in [5.74, 6) is 0.982. The van der Waals surface area contributed by atoms with E-state index in [1.54, 1.807) is 7.11 Å². The molecule has 1 heterocycles. The molecule has 1 aromatic carbocycles. The van der Waals surface area contributed by atoms with E-state index in [1.165, 1.54) is 50.0 Å². The molecule has 88 valence electrons. The topological polar surface area (TPSA) is 12.5 Å². The van der Waals surface area contributed by atoms with Crippen molar-refractivity contribution < 1.29 is 4.74 Å². The monoisotopic (exact) mass is 219 g/mol. The standard InChI is InChI=1S/C14H21NO/c1-3-4-9-15-10-5-6-12-11-13(16-2)7-8-14(12)15/h7-8,11H,3-6,9-10H2,1-2H3. The first-order valence-electron chi connectivity index (χ1n) is 6.27. The first-order valence-corrected chi connectivity index (χ1v) is 6.27. The number of unbranched alkanes of at least 4 members (excludes halogenated alkanes) is 1. The lowest BCUT2D eigenvalue weighted by Crippen LogP contribution is -2.30. The first-order chi connectivity index (χ1) is 7.85. The molecule has 1 aliphatic heterocycles. The molecule has 0 aliphatic carbocycles. The van der Waals surface area contributed by atoms with Gasteiger partial charge in [-0.1, -0.05) is 13.3 Å². The highest BCUT2D eigenvalue weighted by Gasteiger charge is 2.16. The fraction of sp³-hybridized carbons (Fsp3) is 0.571. The molecular weight excluding hydrogens is 198 g/mol. The van der Waals surface area contributed by atoms with E-state index in [0.717, 1.165) is 5.75 Å². The molecule has 0 fully saturated rings. The van der Waals surface area contributed by atoms with Crippen LogP contribution in [-0.2, 0) is 6.42 Å². The van der Waals surface area contributed by atoms with Crippen molar-refractivity contribution >= 4 is 5.69 Å². The molecule has 1 aliphatic rings. The summed E-state index contributed by atoms with van der Waals surface area (Å²) in [6.45, 7) is 4.65. The van der Waals surface area contributed by atoms with Crippen molar-refractivity contribution in [3.05, 3.63) is 23.8 Å². The Morgan fingerprint density at radius 3 is 3.00 bits per heavy atom. The summed E-state index contributed by atoms with van der Waals surface area (Å²) >= 11 is 0. The number of rotatable bonds is 4. The maximum Gasteiger partial charge on any atom is 0.119 e. The van der Waals surface area contributed by atoms with Crippen molar-refractivity contribution in [1.29, 1.82) is 0 Å². The van der Waals surface area contributed by atoms with Crippen molar-refractivity contribution in [1.82, 2.24) is 0 Å². The van der Waals surface area contributed by atoms with Gasteiger partial charge in [-0.3, -0.25) is 0 Å². The van der Waals surface area contributed by atoms with Gasteiger partial charge in [-0.25, -0.2) is 0 Å². The highest BCUT2D eigenvalue weighted by atomic mass is 16.5. The summed E-state index contributed by atoms with van der Waals surface area (Å²) in [4.78, 5) is 2.52. The molecule has 0 atom stereocenters. The molecule has 0 unspecified atom stereocenters. The van der Waals surface area contributed by atoms with Gasteiger partial charge < -0.3 is 9.64 Å². The largest absolute Gasteiger partial charge is 0.497 e. The molecule has 0 radical (unpaired) electrons. The lowest BCUT2D eigenvalue weighted by atomic mass is 10.0. The predicted octanol–water partition coefficient (Wildman–Crippen LogP) is 3.25. The molecular formula is C14H21NO. The van der Waals surface area contributed by atoms with Gasteiger partial charge in [0.1, 0.15) is 5.75 Å². The van der Waals surface area contributed by atoms with Gasteiger partial charge in [0.2, 0.25) is 0 Å². The summed E-state index contributed by atoms with van der Waals surface area (Å²) in [7, 11) is 1.74. The third-order valence-electron chi connectivity index (χ3n) is 3.28. The van der Waals surface area contributed by atoms with E-state index >= 15 is 0 Å². The second kappa shape index (κ2) is 5.24. The van der Waals surface area contributed by atoms with E-state index < -0.39 is 0 Å². The Hall–Kier alpha value is -1.18. The van der Waals surface area contributed by atoms with E-state index in [4.69, 9.17) is 4.74 Å². The number of hydrogen-bond acceptors (Lipinski definition) is 2. The third-order valence-corrected chi connectivity index (χ3v) is 3.28. The molecule has 2 heteroatoms. The van der Waals surface area contributed by atoms with Crippen LogP contribution in [0.15, 0.2) is 18.2 Å². The summed E-state index contributed by atoms with van der Waals surface area (Å²) in [5, 5.41) is 0. The van der Waals surface area contributed by atoms with Crippen molar-refractivity contribution in [3.63, 3.8) is 0 Å². The zero-order chi connectivity index (χ0) is 11.4. The fourth-order valence-corrected chi connectivity index (χ4v) is 2.36. The molecule has 0 N–H and O–H groups in total. The summed E-state index contributed by atoms with van der Waals surface area (Å²) in [6, 6.07) is 6.47. The van der Waals surface area contributed by atoms with Gasteiger partial charge in [-0.2, -0.15) is 0 Å². The maximum atomic E-state index is 5.28. The van der Waals surface area contributed by atoms with E-state index in [-0.39, 0.29) is 0 Å². The average Bonchev–Trinajstić information content (AvgIpc) is 2.35. The average molecular weight is 219 g/mol. The van der Waals surface area contributed by atoms with Crippen LogP contribution in [0.2, 0.25) is 0 Å². The van der Waals surface area contributed by atoms with E-state index in [1.807, 2.05) is 0 Å². The Balaban J connectivity index is 2.18. The van der Waals surface area contributed by atoms with Gasteiger partial charge in [-0.05, 0) is 43.0 Å². The second-order valence-corrected chi connectivity index (χ2v) is 4.44. The predicted molar refractivity (Wildman–Crippen MR) is 68.4 cm³/mol. The minimum absolute atomic E-state index is 0.982. The second-order valence-electron chi connectivity index (χ2n) is 4.44. The van der Waals surface area contributed by atoms with Crippen LogP contribution in [0.1, 0.15) is 31.7 Å². The Morgan fingerprint density at radius 2 is 2.25 bits per heavy atom. The molecule has 1 aromatic rings. The van der Waals surface area contributed by atoms with Gasteiger partial charge in [0.15, 0.2) is 0 Å². The Morgan fingerprint density at radius 1 is 1.38 bits per heavy atom. The van der Waals surface area contributed by atoms with Gasteiger partial charge in [-0.15, -0.1) is 0 Å². The maximum absolute atomic E-state index is 5.28. The normalized spacial score (nSPS) is 14.8. The van der Waals surface area contributed by atoms with Crippen LogP contribution in [0.4, 0.5) is 5.69 Å². The number of fused-ring (bicyclic) bond motifs is 1. The number of methoxy groups -OCH3 is 1. The van der Waals surface area contributed by atoms with E-state index in [0.29, 0.717) is 0 Å². The van der Waals surface area contributed by atoms with Gasteiger partial charge in [0, 0.05) is 18.8 Å². The van der Waals surface area contributed by atoms with Crippen LogP contribution in [-0.4, -0.2) is 20.2 Å². The van der Waals surface area contributed by atoms with Crippen LogP contribution in [0.3, 0.4) is 0 Å². The van der Waals surface area contributed by atoms with Crippen LogP contribution >= 0.6 is 0 Å². The minimum atomic E-state index is 0.982. The molecule has 0 saturated heterocycles. The summed E-state index contributed by atoms with van der Waals surface area (Å²) < 4.78 is 5.28. The number of hydrogen-bond donors (Lipinski definition) is 0. The van der Waals surface area contributed by atoms with Gasteiger partial charge in [0.05, 0.1) is 7.11 Å². The molecule has 0 spiro atoms. The molecule has 2 nitrogen and oxygen atoms in total. The Kier molecular flexibility index (Phi) is 3.70. The van der Waals surface area contributed by atoms with E-state index in [9.17, 15) is 0 Å². The highest BCUT2D eigenvalue weighted by Crippen LogP contribution is 2.30. The lowest BCUT2D eigenvalue weighted by molar-refractivity contribution is 0.414. The van der Waals surface area contributed by atoms with Crippen molar-refractivity contribution in [2.45, 2.75) is 32.6 Å². The number of benzene rings is 1. The number of aryl methyl sites for hydroxylation is 1. The van der Waals surface area contributed by atoms with E-state index in [2.05, 4.69) is 30.0 Å². The first kappa shape index (κ1) is 11.3. The zero-order valence-corrected chi connectivity index (χ0v) is 10.3. The lowest BCUT2D eigenvalue weighted by Gasteiger charge is -2.31. The number of anilines is 1.